The quantitative estimate of drug-likeness (QED) is 0.239. The summed E-state index contributed by atoms with van der Waals surface area (Å²) in [5.74, 6) is 1.96. The van der Waals surface area contributed by atoms with Crippen LogP contribution in [0.25, 0.3) is 5.69 Å². The Morgan fingerprint density at radius 2 is 1.89 bits per heavy atom. The highest BCUT2D eigenvalue weighted by atomic mass is 35.5. The number of rotatable bonds is 8. The Labute approximate surface area is 224 Å². The Morgan fingerprint density at radius 3 is 2.64 bits per heavy atom. The van der Waals surface area contributed by atoms with Crippen molar-refractivity contribution in [2.45, 2.75) is 31.3 Å². The molecule has 3 aromatic carbocycles. The number of halogens is 2. The summed E-state index contributed by atoms with van der Waals surface area (Å²) in [5, 5.41) is 16.1. The molecule has 10 heteroatoms. The molecule has 0 aliphatic rings. The first-order valence-electron chi connectivity index (χ1n) is 11.1. The van der Waals surface area contributed by atoms with Crippen LogP contribution in [0.1, 0.15) is 22.5 Å². The number of thioether (sulfide) groups is 1. The van der Waals surface area contributed by atoms with Gasteiger partial charge < -0.3 is 15.4 Å². The molecular formula is C26H25Cl2N5O2S. The number of nitrogens with one attached hydrogen (secondary N) is 2. The van der Waals surface area contributed by atoms with Gasteiger partial charge in [-0.1, -0.05) is 64.8 Å². The summed E-state index contributed by atoms with van der Waals surface area (Å²) < 4.78 is 7.16. The molecule has 1 heterocycles. The molecule has 2 amide bonds. The van der Waals surface area contributed by atoms with Crippen LogP contribution in [0.3, 0.4) is 0 Å². The van der Waals surface area contributed by atoms with Gasteiger partial charge in [0.25, 0.3) is 0 Å². The number of carbonyl (C=O) groups is 1. The Hall–Kier alpha value is -3.20. The van der Waals surface area contributed by atoms with Gasteiger partial charge in [0, 0.05) is 16.5 Å². The molecule has 4 aromatic rings. The van der Waals surface area contributed by atoms with Crippen LogP contribution in [0.2, 0.25) is 10.0 Å². The lowest BCUT2D eigenvalue weighted by atomic mass is 10.1. The highest BCUT2D eigenvalue weighted by Crippen LogP contribution is 2.31. The molecule has 4 rings (SSSR count). The largest absolute Gasteiger partial charge is 0.497 e. The summed E-state index contributed by atoms with van der Waals surface area (Å²) in [6.45, 7) is 4.10. The predicted octanol–water partition coefficient (Wildman–Crippen LogP) is 6.81. The molecule has 36 heavy (non-hydrogen) atoms. The predicted molar refractivity (Wildman–Crippen MR) is 146 cm³/mol. The fourth-order valence-electron chi connectivity index (χ4n) is 3.60. The Bertz CT molecular complexity index is 1390. The van der Waals surface area contributed by atoms with E-state index in [1.54, 1.807) is 19.2 Å². The van der Waals surface area contributed by atoms with Gasteiger partial charge in [-0.25, -0.2) is 4.79 Å². The van der Waals surface area contributed by atoms with E-state index in [1.165, 1.54) is 11.8 Å². The second kappa shape index (κ2) is 11.7. The van der Waals surface area contributed by atoms with Crippen molar-refractivity contribution in [3.8, 4) is 11.4 Å². The maximum Gasteiger partial charge on any atom is 0.319 e. The van der Waals surface area contributed by atoms with Gasteiger partial charge in [-0.05, 0) is 61.4 Å². The monoisotopic (exact) mass is 541 g/mol. The Balaban J connectivity index is 1.55. The topological polar surface area (TPSA) is 81.1 Å². The van der Waals surface area contributed by atoms with Gasteiger partial charge in [0.2, 0.25) is 0 Å². The van der Waals surface area contributed by atoms with Crippen LogP contribution < -0.4 is 15.4 Å². The van der Waals surface area contributed by atoms with E-state index in [0.717, 1.165) is 28.1 Å². The number of hydrogen-bond donors (Lipinski definition) is 2. The van der Waals surface area contributed by atoms with Crippen molar-refractivity contribution in [3.05, 3.63) is 93.2 Å². The number of urea groups is 1. The maximum atomic E-state index is 12.6. The number of aryl methyl sites for hydroxylation is 2. The minimum absolute atomic E-state index is 0.141. The van der Waals surface area contributed by atoms with Crippen molar-refractivity contribution in [2.75, 3.05) is 12.4 Å². The molecule has 0 atom stereocenters. The lowest BCUT2D eigenvalue weighted by Gasteiger charge is -2.14. The molecule has 0 saturated carbocycles. The van der Waals surface area contributed by atoms with E-state index in [9.17, 15) is 4.79 Å². The van der Waals surface area contributed by atoms with E-state index in [0.29, 0.717) is 32.5 Å². The molecular weight excluding hydrogens is 517 g/mol. The van der Waals surface area contributed by atoms with Crippen LogP contribution in [0.4, 0.5) is 10.5 Å². The third kappa shape index (κ3) is 6.32. The lowest BCUT2D eigenvalue weighted by Crippen LogP contribution is -2.29. The van der Waals surface area contributed by atoms with E-state index in [1.807, 2.05) is 66.9 Å². The van der Waals surface area contributed by atoms with Crippen molar-refractivity contribution in [3.63, 3.8) is 0 Å². The van der Waals surface area contributed by atoms with Gasteiger partial charge in [0.1, 0.15) is 5.75 Å². The number of nitrogens with zero attached hydrogens (tertiary/aromatic N) is 3. The summed E-state index contributed by atoms with van der Waals surface area (Å²) in [6.07, 6.45) is 0. The molecule has 0 aliphatic heterocycles. The zero-order valence-electron chi connectivity index (χ0n) is 20.0. The van der Waals surface area contributed by atoms with Crippen molar-refractivity contribution in [1.82, 2.24) is 20.1 Å². The van der Waals surface area contributed by atoms with Crippen molar-refractivity contribution < 1.29 is 9.53 Å². The number of hydrogen-bond acceptors (Lipinski definition) is 5. The number of amides is 2. The van der Waals surface area contributed by atoms with E-state index >= 15 is 0 Å². The number of benzene rings is 3. The van der Waals surface area contributed by atoms with Crippen LogP contribution in [0.15, 0.2) is 65.8 Å². The molecule has 0 fully saturated rings. The summed E-state index contributed by atoms with van der Waals surface area (Å²) in [7, 11) is 1.64. The van der Waals surface area contributed by atoms with Gasteiger partial charge in [0.05, 0.1) is 24.4 Å². The first-order chi connectivity index (χ1) is 17.3. The number of carbonyl (C=O) groups excluding carboxylic acids is 1. The van der Waals surface area contributed by atoms with Crippen LogP contribution >= 0.6 is 35.0 Å². The first kappa shape index (κ1) is 25.9. The van der Waals surface area contributed by atoms with E-state index in [-0.39, 0.29) is 12.6 Å². The average molecular weight is 542 g/mol. The maximum absolute atomic E-state index is 12.6. The molecule has 0 saturated heterocycles. The number of anilines is 1. The van der Waals surface area contributed by atoms with E-state index in [4.69, 9.17) is 27.9 Å². The van der Waals surface area contributed by atoms with Gasteiger partial charge in [0.15, 0.2) is 11.0 Å². The van der Waals surface area contributed by atoms with Gasteiger partial charge in [-0.15, -0.1) is 10.2 Å². The van der Waals surface area contributed by atoms with E-state index in [2.05, 4.69) is 20.8 Å². The first-order valence-corrected chi connectivity index (χ1v) is 12.9. The minimum Gasteiger partial charge on any atom is -0.497 e. The van der Waals surface area contributed by atoms with Crippen molar-refractivity contribution in [1.29, 1.82) is 0 Å². The third-order valence-electron chi connectivity index (χ3n) is 5.39. The highest BCUT2D eigenvalue weighted by Gasteiger charge is 2.18. The highest BCUT2D eigenvalue weighted by molar-refractivity contribution is 7.98. The van der Waals surface area contributed by atoms with Crippen molar-refractivity contribution >= 4 is 46.7 Å². The SMILES string of the molecule is COc1cccc(CSc2nnc(CNC(=O)Nc3ccc(C)cc3C)n2-c2ccc(Cl)cc2Cl)c1. The summed E-state index contributed by atoms with van der Waals surface area (Å²) in [4.78, 5) is 12.6. The molecule has 0 bridgehead atoms. The summed E-state index contributed by atoms with van der Waals surface area (Å²) >= 11 is 14.2. The summed E-state index contributed by atoms with van der Waals surface area (Å²) in [5.41, 5.74) is 4.60. The second-order valence-electron chi connectivity index (χ2n) is 8.10. The fraction of sp³-hybridized carbons (Fsp3) is 0.192. The zero-order valence-corrected chi connectivity index (χ0v) is 22.3. The van der Waals surface area contributed by atoms with Crippen LogP contribution in [0.5, 0.6) is 5.75 Å². The Morgan fingerprint density at radius 1 is 1.06 bits per heavy atom. The van der Waals surface area contributed by atoms with Crippen LogP contribution in [-0.2, 0) is 12.3 Å². The van der Waals surface area contributed by atoms with Crippen LogP contribution in [0, 0.1) is 13.8 Å². The number of methoxy groups -OCH3 is 1. The van der Waals surface area contributed by atoms with E-state index < -0.39 is 0 Å². The molecule has 0 unspecified atom stereocenters. The standard InChI is InChI=1S/C26H25Cl2N5O2S/c1-16-7-9-22(17(2)11-16)30-25(34)29-14-24-31-32-26(33(24)23-10-8-19(27)13-21(23)28)36-15-18-5-4-6-20(12-18)35-3/h4-13H,14-15H2,1-3H3,(H2,29,30,34). The molecule has 0 aliphatic carbocycles. The average Bonchev–Trinajstić information content (AvgIpc) is 3.26. The lowest BCUT2D eigenvalue weighted by molar-refractivity contribution is 0.251. The smallest absolute Gasteiger partial charge is 0.319 e. The van der Waals surface area contributed by atoms with Crippen molar-refractivity contribution in [2.24, 2.45) is 0 Å². The molecule has 2 N–H and O–H groups in total. The van der Waals surface area contributed by atoms with Gasteiger partial charge in [-0.2, -0.15) is 0 Å². The van der Waals surface area contributed by atoms with Gasteiger partial charge >= 0.3 is 6.03 Å². The summed E-state index contributed by atoms with van der Waals surface area (Å²) in [6, 6.07) is 18.6. The normalized spacial score (nSPS) is 10.8. The Kier molecular flexibility index (Phi) is 8.40. The fourth-order valence-corrected chi connectivity index (χ4v) is 5.00. The third-order valence-corrected chi connectivity index (χ3v) is 6.93. The van der Waals surface area contributed by atoms with Crippen LogP contribution in [-0.4, -0.2) is 27.9 Å². The molecule has 0 spiro atoms. The molecule has 186 valence electrons. The number of aromatic nitrogens is 3. The zero-order chi connectivity index (χ0) is 25.7. The molecule has 1 aromatic heterocycles. The number of ether oxygens (including phenoxy) is 1. The minimum atomic E-state index is -0.343. The molecule has 7 nitrogen and oxygen atoms in total. The molecule has 0 radical (unpaired) electrons. The van der Waals surface area contributed by atoms with Gasteiger partial charge in [-0.3, -0.25) is 4.57 Å². The second-order valence-corrected chi connectivity index (χ2v) is 9.88.